The van der Waals surface area contributed by atoms with Crippen LogP contribution < -0.4 is 0 Å². The third kappa shape index (κ3) is 2.91. The quantitative estimate of drug-likeness (QED) is 0.631. The lowest BCUT2D eigenvalue weighted by Gasteiger charge is -2.19. The van der Waals surface area contributed by atoms with Gasteiger partial charge in [0.2, 0.25) is 0 Å². The van der Waals surface area contributed by atoms with Crippen LogP contribution in [-0.2, 0) is 0 Å². The van der Waals surface area contributed by atoms with Gasteiger partial charge in [-0.05, 0) is 13.8 Å². The number of hydrogen-bond donors (Lipinski definition) is 0. The van der Waals surface area contributed by atoms with Gasteiger partial charge in [-0.15, -0.1) is 0 Å². The van der Waals surface area contributed by atoms with Crippen molar-refractivity contribution in [3.05, 3.63) is 37.9 Å². The normalized spacial score (nSPS) is 10.2. The Kier molecular flexibility index (Phi) is 4.93. The maximum absolute atomic E-state index is 12.1. The molecule has 0 bridgehead atoms. The Morgan fingerprint density at radius 1 is 1.33 bits per heavy atom. The predicted octanol–water partition coefficient (Wildman–Crippen LogP) is 3.38. The molecule has 0 saturated heterocycles. The van der Waals surface area contributed by atoms with E-state index >= 15 is 0 Å². The molecule has 0 aromatic heterocycles. The zero-order chi connectivity index (χ0) is 13.9. The Morgan fingerprint density at radius 3 is 2.33 bits per heavy atom. The predicted molar refractivity (Wildman–Crippen MR) is 70.4 cm³/mol. The Hall–Kier alpha value is -1.33. The summed E-state index contributed by atoms with van der Waals surface area (Å²) in [6.07, 6.45) is 0. The van der Waals surface area contributed by atoms with Crippen molar-refractivity contribution in [3.63, 3.8) is 0 Å². The molecule has 0 aliphatic heterocycles. The molecule has 0 fully saturated rings. The van der Waals surface area contributed by atoms with Crippen LogP contribution in [0.25, 0.3) is 0 Å². The van der Waals surface area contributed by atoms with E-state index in [9.17, 15) is 14.9 Å². The Bertz CT molecular complexity index is 487. The van der Waals surface area contributed by atoms with Gasteiger partial charge in [-0.2, -0.15) is 0 Å². The summed E-state index contributed by atoms with van der Waals surface area (Å²) in [6, 6.07) is 2.28. The van der Waals surface area contributed by atoms with Crippen LogP contribution in [0, 0.1) is 10.1 Å². The first kappa shape index (κ1) is 14.7. The molecule has 0 unspecified atom stereocenters. The van der Waals surface area contributed by atoms with Crippen LogP contribution in [0.2, 0.25) is 10.0 Å². The number of halogens is 2. The number of carbonyl (C=O) groups excluding carboxylic acids is 1. The van der Waals surface area contributed by atoms with Crippen LogP contribution in [0.4, 0.5) is 5.69 Å². The van der Waals surface area contributed by atoms with E-state index in [1.807, 2.05) is 13.8 Å². The van der Waals surface area contributed by atoms with Crippen LogP contribution in [0.15, 0.2) is 12.1 Å². The number of non-ortho nitro benzene ring substituents is 1. The minimum Gasteiger partial charge on any atom is -0.339 e. The van der Waals surface area contributed by atoms with Crippen molar-refractivity contribution in [2.24, 2.45) is 0 Å². The summed E-state index contributed by atoms with van der Waals surface area (Å²) >= 11 is 11.7. The largest absolute Gasteiger partial charge is 0.339 e. The highest BCUT2D eigenvalue weighted by atomic mass is 35.5. The molecule has 1 amide bonds. The topological polar surface area (TPSA) is 63.5 Å². The maximum Gasteiger partial charge on any atom is 0.271 e. The molecular formula is C11H12Cl2N2O3. The number of amides is 1. The molecule has 0 N–H and O–H groups in total. The second kappa shape index (κ2) is 6.02. The first-order valence-electron chi connectivity index (χ1n) is 5.35. The molecule has 1 rings (SSSR count). The fourth-order valence-electron chi connectivity index (χ4n) is 1.52. The Labute approximate surface area is 114 Å². The van der Waals surface area contributed by atoms with E-state index in [2.05, 4.69) is 0 Å². The summed E-state index contributed by atoms with van der Waals surface area (Å²) < 4.78 is 0. The zero-order valence-electron chi connectivity index (χ0n) is 9.94. The molecular weight excluding hydrogens is 279 g/mol. The van der Waals surface area contributed by atoms with Gasteiger partial charge in [0.25, 0.3) is 11.6 Å². The molecule has 0 saturated carbocycles. The summed E-state index contributed by atoms with van der Waals surface area (Å²) in [6.45, 7) is 4.61. The molecule has 0 aliphatic carbocycles. The maximum atomic E-state index is 12.1. The van der Waals surface area contributed by atoms with Gasteiger partial charge in [0.15, 0.2) is 0 Å². The summed E-state index contributed by atoms with van der Waals surface area (Å²) in [5.41, 5.74) is -0.195. The van der Waals surface area contributed by atoms with E-state index in [1.165, 1.54) is 4.90 Å². The lowest BCUT2D eigenvalue weighted by Crippen LogP contribution is -2.30. The average molecular weight is 291 g/mol. The number of hydrogen-bond acceptors (Lipinski definition) is 3. The van der Waals surface area contributed by atoms with Gasteiger partial charge in [-0.1, -0.05) is 23.2 Å². The second-order valence-corrected chi connectivity index (χ2v) is 4.31. The third-order valence-electron chi connectivity index (χ3n) is 2.50. The smallest absolute Gasteiger partial charge is 0.271 e. The van der Waals surface area contributed by atoms with E-state index < -0.39 is 4.92 Å². The van der Waals surface area contributed by atoms with Gasteiger partial charge in [-0.3, -0.25) is 14.9 Å². The van der Waals surface area contributed by atoms with E-state index in [1.54, 1.807) is 0 Å². The first-order valence-corrected chi connectivity index (χ1v) is 6.10. The van der Waals surface area contributed by atoms with Crippen LogP contribution in [0.1, 0.15) is 24.2 Å². The number of nitro benzene ring substituents is 1. The fraction of sp³-hybridized carbons (Fsp3) is 0.364. The molecule has 1 aromatic carbocycles. The molecule has 0 spiro atoms. The molecule has 7 heteroatoms. The Morgan fingerprint density at radius 2 is 1.89 bits per heavy atom. The summed E-state index contributed by atoms with van der Waals surface area (Å²) in [5.74, 6) is -0.365. The molecule has 5 nitrogen and oxygen atoms in total. The van der Waals surface area contributed by atoms with Gasteiger partial charge >= 0.3 is 0 Å². The summed E-state index contributed by atoms with van der Waals surface area (Å²) in [4.78, 5) is 23.7. The SMILES string of the molecule is CCN(CC)C(=O)c1cc([N+](=O)[O-])cc(Cl)c1Cl. The highest BCUT2D eigenvalue weighted by Crippen LogP contribution is 2.31. The van der Waals surface area contributed by atoms with Crippen molar-refractivity contribution in [2.45, 2.75) is 13.8 Å². The first-order chi connectivity index (χ1) is 8.42. The molecule has 1 aromatic rings. The highest BCUT2D eigenvalue weighted by molar-refractivity contribution is 6.44. The number of benzene rings is 1. The lowest BCUT2D eigenvalue weighted by atomic mass is 10.1. The second-order valence-electron chi connectivity index (χ2n) is 3.52. The summed E-state index contributed by atoms with van der Waals surface area (Å²) in [7, 11) is 0. The van der Waals surface area contributed by atoms with Gasteiger partial charge in [0.05, 0.1) is 20.5 Å². The molecule has 0 aliphatic rings. The fourth-order valence-corrected chi connectivity index (χ4v) is 1.92. The van der Waals surface area contributed by atoms with Crippen LogP contribution in [0.3, 0.4) is 0 Å². The highest BCUT2D eigenvalue weighted by Gasteiger charge is 2.22. The van der Waals surface area contributed by atoms with E-state index in [0.29, 0.717) is 13.1 Å². The molecule has 98 valence electrons. The zero-order valence-corrected chi connectivity index (χ0v) is 11.5. The van der Waals surface area contributed by atoms with E-state index in [0.717, 1.165) is 12.1 Å². The van der Waals surface area contributed by atoms with Crippen molar-refractivity contribution in [1.29, 1.82) is 0 Å². The van der Waals surface area contributed by atoms with Crippen molar-refractivity contribution < 1.29 is 9.72 Å². The van der Waals surface area contributed by atoms with E-state index in [-0.39, 0.29) is 27.2 Å². The standard InChI is InChI=1S/C11H12Cl2N2O3/c1-3-14(4-2)11(16)8-5-7(15(17)18)6-9(12)10(8)13/h5-6H,3-4H2,1-2H3. The average Bonchev–Trinajstić information content (AvgIpc) is 2.33. The number of nitro groups is 1. The van der Waals surface area contributed by atoms with Gasteiger partial charge < -0.3 is 4.90 Å². The monoisotopic (exact) mass is 290 g/mol. The minimum absolute atomic E-state index is 0.00127. The van der Waals surface area contributed by atoms with Crippen LogP contribution in [-0.4, -0.2) is 28.8 Å². The van der Waals surface area contributed by atoms with Gasteiger partial charge in [0, 0.05) is 25.2 Å². The number of carbonyl (C=O) groups is 1. The van der Waals surface area contributed by atoms with Crippen molar-refractivity contribution in [3.8, 4) is 0 Å². The van der Waals surface area contributed by atoms with Gasteiger partial charge in [0.1, 0.15) is 0 Å². The van der Waals surface area contributed by atoms with E-state index in [4.69, 9.17) is 23.2 Å². The molecule has 0 heterocycles. The molecule has 0 radical (unpaired) electrons. The van der Waals surface area contributed by atoms with Gasteiger partial charge in [-0.25, -0.2) is 0 Å². The lowest BCUT2D eigenvalue weighted by molar-refractivity contribution is -0.384. The summed E-state index contributed by atoms with van der Waals surface area (Å²) in [5, 5.41) is 10.8. The van der Waals surface area contributed by atoms with Crippen molar-refractivity contribution >= 4 is 34.8 Å². The third-order valence-corrected chi connectivity index (χ3v) is 3.31. The number of nitrogens with zero attached hydrogens (tertiary/aromatic N) is 2. The molecule has 0 atom stereocenters. The molecule has 18 heavy (non-hydrogen) atoms. The van der Waals surface area contributed by atoms with Crippen molar-refractivity contribution in [1.82, 2.24) is 4.90 Å². The Balaban J connectivity index is 3.30. The van der Waals surface area contributed by atoms with Crippen LogP contribution >= 0.6 is 23.2 Å². The minimum atomic E-state index is -0.610. The van der Waals surface area contributed by atoms with Crippen LogP contribution in [0.5, 0.6) is 0 Å². The van der Waals surface area contributed by atoms with Crippen molar-refractivity contribution in [2.75, 3.05) is 13.1 Å². The number of rotatable bonds is 4.